The molecule has 4 heteroatoms. The van der Waals surface area contributed by atoms with E-state index in [4.69, 9.17) is 0 Å². The molecule has 0 bridgehead atoms. The summed E-state index contributed by atoms with van der Waals surface area (Å²) in [5.41, 5.74) is 0.731. The zero-order chi connectivity index (χ0) is 14.8. The van der Waals surface area contributed by atoms with Crippen LogP contribution in [0.15, 0.2) is 28.7 Å². The van der Waals surface area contributed by atoms with Gasteiger partial charge < -0.3 is 0 Å². The quantitative estimate of drug-likeness (QED) is 0.850. The fourth-order valence-corrected chi connectivity index (χ4v) is 3.80. The fraction of sp³-hybridized carbons (Fsp3) is 0.500. The first-order valence-corrected chi connectivity index (χ1v) is 7.91. The van der Waals surface area contributed by atoms with Crippen molar-refractivity contribution in [2.75, 3.05) is 0 Å². The highest BCUT2D eigenvalue weighted by atomic mass is 79.9. The van der Waals surface area contributed by atoms with Gasteiger partial charge in [0.1, 0.15) is 0 Å². The maximum Gasteiger partial charge on any atom is 0.234 e. The molecule has 1 fully saturated rings. The minimum Gasteiger partial charge on any atom is -0.296 e. The second-order valence-corrected chi connectivity index (χ2v) is 6.46. The number of amides is 2. The van der Waals surface area contributed by atoms with Crippen LogP contribution in [-0.4, -0.2) is 11.8 Å². The summed E-state index contributed by atoms with van der Waals surface area (Å²) in [4.78, 5) is 24.2. The van der Waals surface area contributed by atoms with E-state index in [1.54, 1.807) is 0 Å². The first-order chi connectivity index (χ1) is 9.52. The Morgan fingerprint density at radius 3 is 2.70 bits per heavy atom. The lowest BCUT2D eigenvalue weighted by atomic mass is 9.63. The molecule has 2 amide bonds. The van der Waals surface area contributed by atoms with Crippen LogP contribution in [0.3, 0.4) is 0 Å². The molecular weight excluding hydrogens is 318 g/mol. The van der Waals surface area contributed by atoms with Crippen LogP contribution in [-0.2, 0) is 9.59 Å². The van der Waals surface area contributed by atoms with E-state index in [1.807, 2.05) is 24.3 Å². The largest absolute Gasteiger partial charge is 0.296 e. The van der Waals surface area contributed by atoms with Crippen molar-refractivity contribution in [1.82, 2.24) is 5.32 Å². The van der Waals surface area contributed by atoms with Crippen LogP contribution in [0.4, 0.5) is 0 Å². The first-order valence-electron chi connectivity index (χ1n) is 7.11. The number of nitrogens with one attached hydrogen (secondary N) is 1. The van der Waals surface area contributed by atoms with E-state index in [0.717, 1.165) is 29.3 Å². The molecule has 0 aliphatic carbocycles. The minimum atomic E-state index is -0.255. The molecule has 0 aromatic heterocycles. The Hall–Kier alpha value is -1.16. The third-order valence-electron chi connectivity index (χ3n) is 4.28. The first kappa shape index (κ1) is 15.2. The van der Waals surface area contributed by atoms with Gasteiger partial charge in [-0.15, -0.1) is 0 Å². The molecular formula is C16H20BrNO2. The highest BCUT2D eigenvalue weighted by molar-refractivity contribution is 9.10. The zero-order valence-corrected chi connectivity index (χ0v) is 13.5. The second kappa shape index (κ2) is 6.08. The molecule has 1 saturated heterocycles. The summed E-state index contributed by atoms with van der Waals surface area (Å²) < 4.78 is 0.959. The Labute approximate surface area is 128 Å². The summed E-state index contributed by atoms with van der Waals surface area (Å²) in [6.07, 6.45) is 3.12. The predicted octanol–water partition coefficient (Wildman–Crippen LogP) is 3.78. The fourth-order valence-electron chi connectivity index (χ4n) is 3.38. The number of imide groups is 1. The van der Waals surface area contributed by atoms with Crippen molar-refractivity contribution >= 4 is 27.7 Å². The van der Waals surface area contributed by atoms with Gasteiger partial charge in [-0.2, -0.15) is 0 Å². The summed E-state index contributed by atoms with van der Waals surface area (Å²) in [6, 6.07) is 7.85. The molecule has 3 nitrogen and oxygen atoms in total. The van der Waals surface area contributed by atoms with Crippen molar-refractivity contribution in [3.8, 4) is 0 Å². The van der Waals surface area contributed by atoms with Crippen LogP contribution in [0.1, 0.15) is 51.0 Å². The lowest BCUT2D eigenvalue weighted by Gasteiger charge is -2.42. The van der Waals surface area contributed by atoms with Crippen LogP contribution < -0.4 is 5.32 Å². The Morgan fingerprint density at radius 2 is 2.10 bits per heavy atom. The average molecular weight is 338 g/mol. The maximum atomic E-state index is 12.4. The van der Waals surface area contributed by atoms with Crippen LogP contribution in [0.2, 0.25) is 0 Å². The third-order valence-corrected chi connectivity index (χ3v) is 4.78. The van der Waals surface area contributed by atoms with E-state index < -0.39 is 0 Å². The van der Waals surface area contributed by atoms with E-state index in [-0.39, 0.29) is 23.1 Å². The van der Waals surface area contributed by atoms with Gasteiger partial charge in [0.25, 0.3) is 0 Å². The number of hydrogen-bond donors (Lipinski definition) is 1. The van der Waals surface area contributed by atoms with Crippen LogP contribution >= 0.6 is 15.9 Å². The number of piperidine rings is 1. The predicted molar refractivity (Wildman–Crippen MR) is 82.3 cm³/mol. The van der Waals surface area contributed by atoms with Crippen molar-refractivity contribution in [2.24, 2.45) is 5.41 Å². The molecule has 2 atom stereocenters. The van der Waals surface area contributed by atoms with E-state index in [9.17, 15) is 9.59 Å². The van der Waals surface area contributed by atoms with Gasteiger partial charge in [0.05, 0.1) is 5.92 Å². The van der Waals surface area contributed by atoms with Gasteiger partial charge in [0.15, 0.2) is 0 Å². The number of carbonyl (C=O) groups excluding carboxylic acids is 2. The van der Waals surface area contributed by atoms with Gasteiger partial charge in [-0.3, -0.25) is 14.9 Å². The van der Waals surface area contributed by atoms with Crippen LogP contribution in [0, 0.1) is 5.41 Å². The average Bonchev–Trinajstić information content (AvgIpc) is 2.38. The summed E-state index contributed by atoms with van der Waals surface area (Å²) in [7, 11) is 0. The van der Waals surface area contributed by atoms with E-state index in [2.05, 4.69) is 35.1 Å². The lowest BCUT2D eigenvalue weighted by Crippen LogP contribution is -2.50. The molecule has 0 saturated carbocycles. The van der Waals surface area contributed by atoms with Gasteiger partial charge in [0.2, 0.25) is 11.8 Å². The summed E-state index contributed by atoms with van der Waals surface area (Å²) in [6.45, 7) is 4.18. The molecule has 108 valence electrons. The Morgan fingerprint density at radius 1 is 1.35 bits per heavy atom. The van der Waals surface area contributed by atoms with E-state index in [0.29, 0.717) is 6.42 Å². The highest BCUT2D eigenvalue weighted by Crippen LogP contribution is 2.48. The van der Waals surface area contributed by atoms with Crippen LogP contribution in [0.25, 0.3) is 0 Å². The molecule has 1 heterocycles. The number of benzene rings is 1. The van der Waals surface area contributed by atoms with Gasteiger partial charge in [-0.1, -0.05) is 48.3 Å². The van der Waals surface area contributed by atoms with E-state index in [1.165, 1.54) is 0 Å². The Bertz CT molecular complexity index is 529. The number of halogens is 1. The van der Waals surface area contributed by atoms with Gasteiger partial charge in [0, 0.05) is 10.9 Å². The van der Waals surface area contributed by atoms with Crippen molar-refractivity contribution in [1.29, 1.82) is 0 Å². The molecule has 0 spiro atoms. The minimum absolute atomic E-state index is 0.142. The molecule has 1 aromatic rings. The monoisotopic (exact) mass is 337 g/mol. The normalized spacial score (nSPS) is 26.4. The molecule has 0 radical (unpaired) electrons. The molecule has 1 aliphatic heterocycles. The van der Waals surface area contributed by atoms with Crippen molar-refractivity contribution in [3.63, 3.8) is 0 Å². The second-order valence-electron chi connectivity index (χ2n) is 5.54. The zero-order valence-electron chi connectivity index (χ0n) is 11.9. The lowest BCUT2D eigenvalue weighted by molar-refractivity contribution is -0.140. The Balaban J connectivity index is 2.49. The van der Waals surface area contributed by atoms with Crippen LogP contribution in [0.5, 0.6) is 0 Å². The smallest absolute Gasteiger partial charge is 0.234 e. The number of rotatable bonds is 4. The SMILES string of the molecule is CCCC1(CC)CC(=O)NC(=O)C1c1cccc(Br)c1. The van der Waals surface area contributed by atoms with Gasteiger partial charge in [-0.25, -0.2) is 0 Å². The van der Waals surface area contributed by atoms with Gasteiger partial charge >= 0.3 is 0 Å². The summed E-state index contributed by atoms with van der Waals surface area (Å²) in [5, 5.41) is 2.50. The van der Waals surface area contributed by atoms with Crippen molar-refractivity contribution < 1.29 is 9.59 Å². The van der Waals surface area contributed by atoms with Crippen molar-refractivity contribution in [3.05, 3.63) is 34.3 Å². The van der Waals surface area contributed by atoms with Gasteiger partial charge in [-0.05, 0) is 36.0 Å². The Kier molecular flexibility index (Phi) is 4.63. The molecule has 1 N–H and O–H groups in total. The van der Waals surface area contributed by atoms with E-state index >= 15 is 0 Å². The number of hydrogen-bond acceptors (Lipinski definition) is 2. The summed E-state index contributed by atoms with van der Waals surface area (Å²) in [5.74, 6) is -0.547. The summed E-state index contributed by atoms with van der Waals surface area (Å²) >= 11 is 3.46. The molecule has 1 aromatic carbocycles. The number of carbonyl (C=O) groups is 2. The molecule has 1 aliphatic rings. The molecule has 2 unspecified atom stereocenters. The molecule has 20 heavy (non-hydrogen) atoms. The highest BCUT2D eigenvalue weighted by Gasteiger charge is 2.47. The maximum absolute atomic E-state index is 12.4. The standard InChI is InChI=1S/C16H20BrNO2/c1-3-8-16(4-2)10-13(19)18-15(20)14(16)11-6-5-7-12(17)9-11/h5-7,9,14H,3-4,8,10H2,1-2H3,(H,18,19,20). The third kappa shape index (κ3) is 2.80. The van der Waals surface area contributed by atoms with Crippen molar-refractivity contribution in [2.45, 2.75) is 45.4 Å². The topological polar surface area (TPSA) is 46.2 Å². The molecule has 2 rings (SSSR count).